The lowest BCUT2D eigenvalue weighted by Crippen LogP contribution is -2.22. The van der Waals surface area contributed by atoms with Crippen LogP contribution >= 0.6 is 11.8 Å². The summed E-state index contributed by atoms with van der Waals surface area (Å²) in [6, 6.07) is 18.3. The van der Waals surface area contributed by atoms with Gasteiger partial charge in [0.2, 0.25) is 0 Å². The zero-order valence-electron chi connectivity index (χ0n) is 17.4. The second-order valence-electron chi connectivity index (χ2n) is 7.76. The fraction of sp³-hybridized carbons (Fsp3) is 0.333. The first-order valence-corrected chi connectivity index (χ1v) is 11.7. The summed E-state index contributed by atoms with van der Waals surface area (Å²) in [6.45, 7) is 4.47. The van der Waals surface area contributed by atoms with Gasteiger partial charge in [0, 0.05) is 12.3 Å². The minimum absolute atomic E-state index is 0.360. The van der Waals surface area contributed by atoms with Gasteiger partial charge in [0.05, 0.1) is 12.8 Å². The number of rotatable bonds is 9. The molecule has 7 heteroatoms. The molecule has 0 spiro atoms. The van der Waals surface area contributed by atoms with E-state index >= 15 is 0 Å². The molecule has 2 aromatic heterocycles. The third-order valence-electron chi connectivity index (χ3n) is 5.61. The van der Waals surface area contributed by atoms with Gasteiger partial charge in [-0.25, -0.2) is 0 Å². The van der Waals surface area contributed by atoms with E-state index in [1.807, 2.05) is 30.3 Å². The van der Waals surface area contributed by atoms with E-state index < -0.39 is 0 Å². The lowest BCUT2D eigenvalue weighted by atomic mass is 10.1. The van der Waals surface area contributed by atoms with Gasteiger partial charge in [-0.1, -0.05) is 42.1 Å². The number of aromatic nitrogens is 3. The van der Waals surface area contributed by atoms with Crippen LogP contribution in [0, 0.1) is 0 Å². The molecule has 5 rings (SSSR count). The Morgan fingerprint density at radius 1 is 0.968 bits per heavy atom. The molecule has 31 heavy (non-hydrogen) atoms. The minimum Gasteiger partial charge on any atom is -0.486 e. The molecule has 3 heterocycles. The van der Waals surface area contributed by atoms with Crippen LogP contribution in [-0.4, -0.2) is 45.1 Å². The van der Waals surface area contributed by atoms with E-state index in [0.29, 0.717) is 13.2 Å². The molecule has 0 atom stereocenters. The first kappa shape index (κ1) is 20.2. The van der Waals surface area contributed by atoms with Gasteiger partial charge in [0.15, 0.2) is 11.0 Å². The molecule has 0 amide bonds. The number of benzene rings is 2. The molecule has 1 fully saturated rings. The van der Waals surface area contributed by atoms with Crippen molar-refractivity contribution in [1.82, 2.24) is 19.7 Å². The largest absolute Gasteiger partial charge is 0.486 e. The Morgan fingerprint density at radius 3 is 2.68 bits per heavy atom. The van der Waals surface area contributed by atoms with Crippen LogP contribution < -0.4 is 4.74 Å². The highest BCUT2D eigenvalue weighted by Gasteiger charge is 2.16. The lowest BCUT2D eigenvalue weighted by molar-refractivity contribution is 0.288. The van der Waals surface area contributed by atoms with Crippen LogP contribution in [0.3, 0.4) is 0 Å². The number of likely N-dealkylation sites (tertiary alicyclic amines) is 1. The van der Waals surface area contributed by atoms with E-state index in [1.165, 1.54) is 31.3 Å². The third-order valence-corrected chi connectivity index (χ3v) is 6.56. The van der Waals surface area contributed by atoms with Crippen molar-refractivity contribution in [2.24, 2.45) is 0 Å². The number of ether oxygens (including phenoxy) is 1. The highest BCUT2D eigenvalue weighted by molar-refractivity contribution is 7.99. The molecule has 4 aromatic rings. The highest BCUT2D eigenvalue weighted by atomic mass is 32.2. The zero-order chi connectivity index (χ0) is 20.9. The first-order valence-electron chi connectivity index (χ1n) is 10.8. The fourth-order valence-electron chi connectivity index (χ4n) is 3.93. The average Bonchev–Trinajstić information content (AvgIpc) is 3.57. The highest BCUT2D eigenvalue weighted by Crippen LogP contribution is 2.23. The number of hydrogen-bond donors (Lipinski definition) is 0. The zero-order valence-corrected chi connectivity index (χ0v) is 18.3. The van der Waals surface area contributed by atoms with Gasteiger partial charge >= 0.3 is 0 Å². The van der Waals surface area contributed by atoms with Gasteiger partial charge < -0.3 is 14.1 Å². The predicted octanol–water partition coefficient (Wildman–Crippen LogP) is 4.84. The second kappa shape index (κ2) is 9.58. The molecular formula is C24H26N4O2S. The third kappa shape index (κ3) is 4.94. The van der Waals surface area contributed by atoms with Gasteiger partial charge in [-0.3, -0.25) is 4.57 Å². The minimum atomic E-state index is 0.360. The Balaban J connectivity index is 1.29. The number of hydrogen-bond acceptors (Lipinski definition) is 6. The van der Waals surface area contributed by atoms with Crippen molar-refractivity contribution in [3.8, 4) is 5.75 Å². The summed E-state index contributed by atoms with van der Waals surface area (Å²) in [4.78, 5) is 2.52. The van der Waals surface area contributed by atoms with Gasteiger partial charge in [0.1, 0.15) is 18.1 Å². The fourth-order valence-corrected chi connectivity index (χ4v) is 4.88. The van der Waals surface area contributed by atoms with Crippen LogP contribution in [0.5, 0.6) is 5.75 Å². The summed E-state index contributed by atoms with van der Waals surface area (Å²) >= 11 is 1.75. The smallest absolute Gasteiger partial charge is 0.191 e. The van der Waals surface area contributed by atoms with E-state index in [0.717, 1.165) is 40.2 Å². The maximum absolute atomic E-state index is 6.09. The van der Waals surface area contributed by atoms with Crippen molar-refractivity contribution >= 4 is 22.5 Å². The molecule has 160 valence electrons. The Bertz CT molecular complexity index is 1120. The van der Waals surface area contributed by atoms with Crippen LogP contribution in [0.25, 0.3) is 10.8 Å². The van der Waals surface area contributed by atoms with E-state index in [2.05, 4.69) is 43.9 Å². The quantitative estimate of drug-likeness (QED) is 0.351. The van der Waals surface area contributed by atoms with Crippen molar-refractivity contribution in [1.29, 1.82) is 0 Å². The van der Waals surface area contributed by atoms with Crippen molar-refractivity contribution in [3.63, 3.8) is 0 Å². The Hall–Kier alpha value is -2.77. The number of fused-ring (bicyclic) bond motifs is 1. The molecule has 0 bridgehead atoms. The van der Waals surface area contributed by atoms with Gasteiger partial charge in [0.25, 0.3) is 0 Å². The molecule has 2 aromatic carbocycles. The SMILES string of the molecule is c1coc(Cn2c(COc3ccc4ccccc4c3)nnc2SCCN2CCCC2)c1. The molecule has 1 saturated heterocycles. The number of nitrogens with zero attached hydrogens (tertiary/aromatic N) is 4. The van der Waals surface area contributed by atoms with Crippen LogP contribution in [0.1, 0.15) is 24.4 Å². The molecule has 0 radical (unpaired) electrons. The molecule has 0 unspecified atom stereocenters. The molecule has 0 N–H and O–H groups in total. The van der Waals surface area contributed by atoms with Crippen molar-refractivity contribution < 1.29 is 9.15 Å². The van der Waals surface area contributed by atoms with Crippen LogP contribution in [0.2, 0.25) is 0 Å². The van der Waals surface area contributed by atoms with Gasteiger partial charge in [-0.15, -0.1) is 10.2 Å². The van der Waals surface area contributed by atoms with Gasteiger partial charge in [-0.2, -0.15) is 0 Å². The van der Waals surface area contributed by atoms with E-state index in [9.17, 15) is 0 Å². The van der Waals surface area contributed by atoms with Crippen LogP contribution in [0.4, 0.5) is 0 Å². The van der Waals surface area contributed by atoms with Gasteiger partial charge in [-0.05, 0) is 61.0 Å². The molecule has 1 aliphatic heterocycles. The molecule has 6 nitrogen and oxygen atoms in total. The number of furan rings is 1. The first-order chi connectivity index (χ1) is 15.3. The Morgan fingerprint density at radius 2 is 1.84 bits per heavy atom. The second-order valence-corrected chi connectivity index (χ2v) is 8.82. The summed E-state index contributed by atoms with van der Waals surface area (Å²) in [7, 11) is 0. The molecule has 1 aliphatic rings. The predicted molar refractivity (Wildman–Crippen MR) is 123 cm³/mol. The summed E-state index contributed by atoms with van der Waals surface area (Å²) in [6.07, 6.45) is 4.33. The topological polar surface area (TPSA) is 56.3 Å². The molecule has 0 aliphatic carbocycles. The van der Waals surface area contributed by atoms with E-state index in [-0.39, 0.29) is 0 Å². The lowest BCUT2D eigenvalue weighted by Gasteiger charge is -2.14. The normalized spacial score (nSPS) is 14.5. The summed E-state index contributed by atoms with van der Waals surface area (Å²) < 4.78 is 13.8. The van der Waals surface area contributed by atoms with Crippen molar-refractivity contribution in [2.45, 2.75) is 31.1 Å². The Labute approximate surface area is 186 Å². The summed E-state index contributed by atoms with van der Waals surface area (Å²) in [5.74, 6) is 3.51. The monoisotopic (exact) mass is 434 g/mol. The maximum atomic E-state index is 6.09. The summed E-state index contributed by atoms with van der Waals surface area (Å²) in [5, 5.41) is 12.2. The summed E-state index contributed by atoms with van der Waals surface area (Å²) in [5.41, 5.74) is 0. The van der Waals surface area contributed by atoms with Crippen LogP contribution in [0.15, 0.2) is 70.4 Å². The number of thioether (sulfide) groups is 1. The van der Waals surface area contributed by atoms with Crippen molar-refractivity contribution in [2.75, 3.05) is 25.4 Å². The van der Waals surface area contributed by atoms with Crippen LogP contribution in [-0.2, 0) is 13.2 Å². The van der Waals surface area contributed by atoms with E-state index in [1.54, 1.807) is 18.0 Å². The van der Waals surface area contributed by atoms with E-state index in [4.69, 9.17) is 9.15 Å². The molecule has 0 saturated carbocycles. The average molecular weight is 435 g/mol. The van der Waals surface area contributed by atoms with Crippen molar-refractivity contribution in [3.05, 3.63) is 72.4 Å². The maximum Gasteiger partial charge on any atom is 0.191 e. The Kier molecular flexibility index (Phi) is 6.22. The molecular weight excluding hydrogens is 408 g/mol. The standard InChI is InChI=1S/C24H26N4O2S/c1-2-7-20-16-21(10-9-19(20)6-1)30-18-23-25-26-24(28(23)17-22-8-5-14-29-22)31-15-13-27-11-3-4-12-27/h1-2,5-10,14,16H,3-4,11-13,15,17-18H2.